The largest absolute Gasteiger partial charge is 0.493 e. The smallest absolute Gasteiger partial charge is 0.228 e. The number of benzene rings is 2. The van der Waals surface area contributed by atoms with Crippen LogP contribution in [-0.2, 0) is 17.8 Å². The molecule has 3 rings (SSSR count). The highest BCUT2D eigenvalue weighted by atomic mass is 16.5. The van der Waals surface area contributed by atoms with Crippen molar-refractivity contribution in [3.8, 4) is 17.4 Å². The number of ether oxygens (including phenoxy) is 3. The van der Waals surface area contributed by atoms with Gasteiger partial charge in [0.05, 0.1) is 32.5 Å². The van der Waals surface area contributed by atoms with Crippen LogP contribution in [0.25, 0.3) is 0 Å². The summed E-state index contributed by atoms with van der Waals surface area (Å²) < 4.78 is 16.1. The lowest BCUT2D eigenvalue weighted by atomic mass is 10.1. The SMILES string of the molecule is COc1ccc(CC(=O)Nc2ccc(OCc3ccccc3)nc2)cc1OC. The van der Waals surface area contributed by atoms with E-state index in [2.05, 4.69) is 10.3 Å². The maximum absolute atomic E-state index is 12.3. The fourth-order valence-corrected chi connectivity index (χ4v) is 2.65. The van der Waals surface area contributed by atoms with Gasteiger partial charge in [0.1, 0.15) is 6.61 Å². The minimum absolute atomic E-state index is 0.146. The van der Waals surface area contributed by atoms with Gasteiger partial charge in [0.25, 0.3) is 0 Å². The topological polar surface area (TPSA) is 69.7 Å². The summed E-state index contributed by atoms with van der Waals surface area (Å²) in [5, 5.41) is 2.83. The van der Waals surface area contributed by atoms with Gasteiger partial charge in [-0.05, 0) is 29.3 Å². The summed E-state index contributed by atoms with van der Waals surface area (Å²) in [5.74, 6) is 1.57. The summed E-state index contributed by atoms with van der Waals surface area (Å²) >= 11 is 0. The monoisotopic (exact) mass is 378 g/mol. The number of carbonyl (C=O) groups is 1. The molecule has 28 heavy (non-hydrogen) atoms. The first-order valence-corrected chi connectivity index (χ1v) is 8.81. The van der Waals surface area contributed by atoms with Crippen molar-refractivity contribution in [3.05, 3.63) is 78.0 Å². The molecule has 0 saturated carbocycles. The minimum Gasteiger partial charge on any atom is -0.493 e. The second-order valence-electron chi connectivity index (χ2n) is 6.07. The highest BCUT2D eigenvalue weighted by Crippen LogP contribution is 2.27. The second-order valence-corrected chi connectivity index (χ2v) is 6.07. The van der Waals surface area contributed by atoms with E-state index in [1.54, 1.807) is 44.7 Å². The molecule has 3 aromatic rings. The third-order valence-corrected chi connectivity index (χ3v) is 4.06. The molecule has 2 aromatic carbocycles. The molecule has 0 aliphatic rings. The van der Waals surface area contributed by atoms with Crippen LogP contribution in [0.5, 0.6) is 17.4 Å². The van der Waals surface area contributed by atoms with Gasteiger partial charge in [0, 0.05) is 6.07 Å². The molecule has 0 aliphatic heterocycles. The zero-order valence-corrected chi connectivity index (χ0v) is 15.8. The number of carbonyl (C=O) groups excluding carboxylic acids is 1. The van der Waals surface area contributed by atoms with E-state index in [9.17, 15) is 4.79 Å². The number of nitrogens with zero attached hydrogens (tertiary/aromatic N) is 1. The summed E-state index contributed by atoms with van der Waals surface area (Å²) in [7, 11) is 3.14. The van der Waals surface area contributed by atoms with Crippen LogP contribution in [0.2, 0.25) is 0 Å². The number of amides is 1. The molecule has 0 unspecified atom stereocenters. The quantitative estimate of drug-likeness (QED) is 0.645. The number of hydrogen-bond acceptors (Lipinski definition) is 5. The van der Waals surface area contributed by atoms with Gasteiger partial charge in [-0.1, -0.05) is 36.4 Å². The Balaban J connectivity index is 1.54. The van der Waals surface area contributed by atoms with Crippen LogP contribution in [0.15, 0.2) is 66.9 Å². The molecule has 0 saturated heterocycles. The lowest BCUT2D eigenvalue weighted by molar-refractivity contribution is -0.115. The Bertz CT molecular complexity index is 912. The average molecular weight is 378 g/mol. The Morgan fingerprint density at radius 3 is 2.39 bits per heavy atom. The first kappa shape index (κ1) is 19.2. The van der Waals surface area contributed by atoms with Gasteiger partial charge in [-0.25, -0.2) is 4.98 Å². The van der Waals surface area contributed by atoms with Gasteiger partial charge in [0.15, 0.2) is 11.5 Å². The fraction of sp³-hybridized carbons (Fsp3) is 0.182. The van der Waals surface area contributed by atoms with E-state index >= 15 is 0 Å². The average Bonchev–Trinajstić information content (AvgIpc) is 2.74. The number of nitrogens with one attached hydrogen (secondary N) is 1. The Hall–Kier alpha value is -3.54. The molecular weight excluding hydrogens is 356 g/mol. The van der Waals surface area contributed by atoms with Crippen LogP contribution < -0.4 is 19.5 Å². The van der Waals surface area contributed by atoms with Crippen molar-refractivity contribution >= 4 is 11.6 Å². The molecule has 6 nitrogen and oxygen atoms in total. The molecule has 1 heterocycles. The molecule has 1 amide bonds. The molecule has 0 radical (unpaired) electrons. The number of hydrogen-bond donors (Lipinski definition) is 1. The first-order valence-electron chi connectivity index (χ1n) is 8.81. The van der Waals surface area contributed by atoms with Gasteiger partial charge in [-0.2, -0.15) is 0 Å². The molecule has 0 aliphatic carbocycles. The van der Waals surface area contributed by atoms with Crippen molar-refractivity contribution in [3.63, 3.8) is 0 Å². The molecule has 0 atom stereocenters. The standard InChI is InChI=1S/C22H22N2O4/c1-26-19-10-8-17(12-20(19)27-2)13-21(25)24-18-9-11-22(23-14-18)28-15-16-6-4-3-5-7-16/h3-12,14H,13,15H2,1-2H3,(H,24,25). The molecule has 1 aromatic heterocycles. The maximum Gasteiger partial charge on any atom is 0.228 e. The van der Waals surface area contributed by atoms with Crippen LogP contribution in [-0.4, -0.2) is 25.1 Å². The maximum atomic E-state index is 12.3. The van der Waals surface area contributed by atoms with Gasteiger partial charge >= 0.3 is 0 Å². The normalized spacial score (nSPS) is 10.2. The summed E-state index contributed by atoms with van der Waals surface area (Å²) in [6.07, 6.45) is 1.79. The van der Waals surface area contributed by atoms with E-state index < -0.39 is 0 Å². The van der Waals surface area contributed by atoms with Crippen LogP contribution in [0.4, 0.5) is 5.69 Å². The van der Waals surface area contributed by atoms with E-state index in [0.29, 0.717) is 29.7 Å². The highest BCUT2D eigenvalue weighted by Gasteiger charge is 2.09. The van der Waals surface area contributed by atoms with Crippen molar-refractivity contribution in [2.45, 2.75) is 13.0 Å². The molecule has 1 N–H and O–H groups in total. The van der Waals surface area contributed by atoms with Gasteiger partial charge in [-0.15, -0.1) is 0 Å². The molecule has 0 spiro atoms. The predicted octanol–water partition coefficient (Wildman–Crippen LogP) is 3.86. The summed E-state index contributed by atoms with van der Waals surface area (Å²) in [5.41, 5.74) is 2.50. The third-order valence-electron chi connectivity index (χ3n) is 4.06. The summed E-state index contributed by atoms with van der Waals surface area (Å²) in [6.45, 7) is 0.443. The van der Waals surface area contributed by atoms with E-state index in [0.717, 1.165) is 11.1 Å². The lowest BCUT2D eigenvalue weighted by Crippen LogP contribution is -2.14. The third kappa shape index (κ3) is 5.23. The van der Waals surface area contributed by atoms with Crippen molar-refractivity contribution in [1.82, 2.24) is 4.98 Å². The summed E-state index contributed by atoms with van der Waals surface area (Å²) in [4.78, 5) is 16.5. The number of anilines is 1. The number of methoxy groups -OCH3 is 2. The van der Waals surface area contributed by atoms with E-state index in [1.807, 2.05) is 36.4 Å². The molecule has 6 heteroatoms. The Labute approximate surface area is 164 Å². The van der Waals surface area contributed by atoms with Crippen LogP contribution in [0, 0.1) is 0 Å². The molecular formula is C22H22N2O4. The number of aromatic nitrogens is 1. The number of rotatable bonds is 8. The number of pyridine rings is 1. The molecule has 0 bridgehead atoms. The highest BCUT2D eigenvalue weighted by molar-refractivity contribution is 5.92. The van der Waals surface area contributed by atoms with Crippen molar-refractivity contribution in [2.24, 2.45) is 0 Å². The van der Waals surface area contributed by atoms with Gasteiger partial charge in [-0.3, -0.25) is 4.79 Å². The van der Waals surface area contributed by atoms with Crippen molar-refractivity contribution < 1.29 is 19.0 Å². The van der Waals surface area contributed by atoms with E-state index in [-0.39, 0.29) is 12.3 Å². The predicted molar refractivity (Wildman–Crippen MR) is 107 cm³/mol. The zero-order chi connectivity index (χ0) is 19.8. The zero-order valence-electron chi connectivity index (χ0n) is 15.8. The minimum atomic E-state index is -0.146. The van der Waals surface area contributed by atoms with Gasteiger partial charge < -0.3 is 19.5 Å². The lowest BCUT2D eigenvalue weighted by Gasteiger charge is -2.10. The van der Waals surface area contributed by atoms with Crippen LogP contribution in [0.1, 0.15) is 11.1 Å². The van der Waals surface area contributed by atoms with Crippen LogP contribution in [0.3, 0.4) is 0 Å². The fourth-order valence-electron chi connectivity index (χ4n) is 2.65. The Kier molecular flexibility index (Phi) is 6.46. The Morgan fingerprint density at radius 2 is 1.71 bits per heavy atom. The van der Waals surface area contributed by atoms with Crippen molar-refractivity contribution in [1.29, 1.82) is 0 Å². The Morgan fingerprint density at radius 1 is 0.929 bits per heavy atom. The molecule has 144 valence electrons. The summed E-state index contributed by atoms with van der Waals surface area (Å²) in [6, 6.07) is 18.8. The van der Waals surface area contributed by atoms with Crippen molar-refractivity contribution in [2.75, 3.05) is 19.5 Å². The second kappa shape index (κ2) is 9.41. The molecule has 0 fully saturated rings. The van der Waals surface area contributed by atoms with E-state index in [4.69, 9.17) is 14.2 Å². The van der Waals surface area contributed by atoms with Crippen LogP contribution >= 0.6 is 0 Å². The van der Waals surface area contributed by atoms with Gasteiger partial charge in [0.2, 0.25) is 11.8 Å². The first-order chi connectivity index (χ1) is 13.7. The van der Waals surface area contributed by atoms with E-state index in [1.165, 1.54) is 0 Å².